The number of aryl methyl sites for hydroxylation is 1. The van der Waals surface area contributed by atoms with Gasteiger partial charge in [-0.15, -0.1) is 0 Å². The lowest BCUT2D eigenvalue weighted by Crippen LogP contribution is -2.46. The van der Waals surface area contributed by atoms with E-state index in [1.807, 2.05) is 25.1 Å². The summed E-state index contributed by atoms with van der Waals surface area (Å²) < 4.78 is 0. The second-order valence-corrected chi connectivity index (χ2v) is 6.78. The maximum Gasteiger partial charge on any atom is 0.212 e. The lowest BCUT2D eigenvalue weighted by atomic mass is 9.89. The van der Waals surface area contributed by atoms with Crippen molar-refractivity contribution in [3.05, 3.63) is 57.9 Å². The largest absolute Gasteiger partial charge is 0.378 e. The fourth-order valence-corrected chi connectivity index (χ4v) is 2.48. The molecule has 0 atom stereocenters. The molecule has 0 saturated heterocycles. The maximum atomic E-state index is 12.0. The molecular formula is C18H23ClN2O. The smallest absolute Gasteiger partial charge is 0.212 e. The molecule has 2 rings (SSSR count). The molecule has 0 aromatic heterocycles. The van der Waals surface area contributed by atoms with Gasteiger partial charge in [-0.3, -0.25) is 4.79 Å². The first-order valence-corrected chi connectivity index (χ1v) is 7.88. The van der Waals surface area contributed by atoms with Crippen LogP contribution in [0.25, 0.3) is 0 Å². The number of nitrogens with one attached hydrogen (secondary N) is 2. The third-order valence-corrected chi connectivity index (χ3v) is 4.42. The third kappa shape index (κ3) is 3.36. The Labute approximate surface area is 137 Å². The summed E-state index contributed by atoms with van der Waals surface area (Å²) in [5, 5.41) is 7.30. The van der Waals surface area contributed by atoms with Gasteiger partial charge in [-0.25, -0.2) is 0 Å². The van der Waals surface area contributed by atoms with E-state index in [9.17, 15) is 4.79 Å². The van der Waals surface area contributed by atoms with Crippen LogP contribution in [0.4, 0.5) is 0 Å². The van der Waals surface area contributed by atoms with E-state index in [1.165, 1.54) is 0 Å². The highest BCUT2D eigenvalue weighted by molar-refractivity contribution is 6.31. The second-order valence-electron chi connectivity index (χ2n) is 6.37. The summed E-state index contributed by atoms with van der Waals surface area (Å²) >= 11 is 6.23. The minimum atomic E-state index is -0.0760. The van der Waals surface area contributed by atoms with Crippen molar-refractivity contribution in [3.63, 3.8) is 0 Å². The topological polar surface area (TPSA) is 41.1 Å². The minimum absolute atomic E-state index is 0.0300. The standard InChI is InChI=1S/C18H23ClN2O/c1-6-18(4,5)21-15-12(3)17(22)16(15)20-10-13-8-7-11(2)9-14(13)19/h7-9,20-21H,3,6,10H2,1-2,4-5H3. The Morgan fingerprint density at radius 3 is 2.55 bits per heavy atom. The van der Waals surface area contributed by atoms with Crippen LogP contribution in [0.3, 0.4) is 0 Å². The molecule has 22 heavy (non-hydrogen) atoms. The molecule has 0 spiro atoms. The monoisotopic (exact) mass is 318 g/mol. The molecule has 4 heteroatoms. The van der Waals surface area contributed by atoms with Crippen LogP contribution < -0.4 is 10.6 Å². The Hall–Kier alpha value is -1.74. The van der Waals surface area contributed by atoms with E-state index >= 15 is 0 Å². The summed E-state index contributed by atoms with van der Waals surface area (Å²) in [7, 11) is 0. The first-order valence-electron chi connectivity index (χ1n) is 7.50. The van der Waals surface area contributed by atoms with E-state index in [1.54, 1.807) is 0 Å². The molecule has 118 valence electrons. The molecule has 0 amide bonds. The van der Waals surface area contributed by atoms with Crippen LogP contribution in [0.1, 0.15) is 38.3 Å². The molecule has 0 fully saturated rings. The van der Waals surface area contributed by atoms with Gasteiger partial charge in [0.1, 0.15) is 5.70 Å². The Bertz CT molecular complexity index is 659. The number of carbonyl (C=O) groups is 1. The molecule has 1 aliphatic rings. The van der Waals surface area contributed by atoms with Gasteiger partial charge in [-0.1, -0.05) is 37.2 Å². The Morgan fingerprint density at radius 2 is 1.95 bits per heavy atom. The van der Waals surface area contributed by atoms with Crippen molar-refractivity contribution in [1.29, 1.82) is 0 Å². The SMILES string of the molecule is C=C1C(=O)C(NCc2ccc(C)cc2Cl)=C1NC(C)(C)CC. The Morgan fingerprint density at radius 1 is 1.27 bits per heavy atom. The maximum absolute atomic E-state index is 12.0. The normalized spacial score (nSPS) is 15.0. The van der Waals surface area contributed by atoms with Crippen molar-refractivity contribution in [2.24, 2.45) is 0 Å². The van der Waals surface area contributed by atoms with Gasteiger partial charge < -0.3 is 10.6 Å². The molecule has 0 radical (unpaired) electrons. The lowest BCUT2D eigenvalue weighted by Gasteiger charge is -2.34. The molecule has 1 aliphatic carbocycles. The molecule has 0 saturated carbocycles. The molecule has 0 aliphatic heterocycles. The van der Waals surface area contributed by atoms with Gasteiger partial charge in [0.15, 0.2) is 0 Å². The number of hydrogen-bond acceptors (Lipinski definition) is 3. The average molecular weight is 319 g/mol. The summed E-state index contributed by atoms with van der Waals surface area (Å²) in [6, 6.07) is 5.91. The lowest BCUT2D eigenvalue weighted by molar-refractivity contribution is -0.113. The van der Waals surface area contributed by atoms with E-state index in [2.05, 4.69) is 38.0 Å². The molecule has 1 aromatic rings. The molecule has 0 bridgehead atoms. The molecule has 1 aromatic carbocycles. The van der Waals surface area contributed by atoms with Crippen molar-refractivity contribution < 1.29 is 4.79 Å². The predicted molar refractivity (Wildman–Crippen MR) is 91.7 cm³/mol. The number of allylic oxidation sites excluding steroid dienone is 2. The zero-order valence-electron chi connectivity index (χ0n) is 13.6. The summed E-state index contributed by atoms with van der Waals surface area (Å²) in [6.07, 6.45) is 0.953. The van der Waals surface area contributed by atoms with Crippen molar-refractivity contribution in [2.75, 3.05) is 0 Å². The van der Waals surface area contributed by atoms with Gasteiger partial charge in [0, 0.05) is 22.7 Å². The van der Waals surface area contributed by atoms with Crippen molar-refractivity contribution in [3.8, 4) is 0 Å². The first-order chi connectivity index (χ1) is 10.2. The quantitative estimate of drug-likeness (QED) is 0.782. The third-order valence-electron chi connectivity index (χ3n) is 4.06. The second kappa shape index (κ2) is 6.17. The van der Waals surface area contributed by atoms with Crippen molar-refractivity contribution in [2.45, 2.75) is 46.2 Å². The van der Waals surface area contributed by atoms with E-state index in [0.717, 1.165) is 23.2 Å². The highest BCUT2D eigenvalue weighted by Crippen LogP contribution is 2.28. The van der Waals surface area contributed by atoms with E-state index in [4.69, 9.17) is 11.6 Å². The van der Waals surface area contributed by atoms with E-state index in [-0.39, 0.29) is 11.3 Å². The number of carbonyl (C=O) groups excluding carboxylic acids is 1. The summed E-state index contributed by atoms with van der Waals surface area (Å²) in [5.41, 5.74) is 3.97. The molecule has 0 unspecified atom stereocenters. The average Bonchev–Trinajstić information content (AvgIpc) is 2.47. The number of benzene rings is 1. The van der Waals surface area contributed by atoms with Crippen LogP contribution in [0.15, 0.2) is 41.7 Å². The number of ketones is 1. The van der Waals surface area contributed by atoms with Gasteiger partial charge in [0.2, 0.25) is 5.78 Å². The highest BCUT2D eigenvalue weighted by atomic mass is 35.5. The summed E-state index contributed by atoms with van der Waals surface area (Å²) in [6.45, 7) is 12.7. The zero-order chi connectivity index (χ0) is 16.5. The highest BCUT2D eigenvalue weighted by Gasteiger charge is 2.34. The van der Waals surface area contributed by atoms with Gasteiger partial charge in [-0.05, 0) is 44.4 Å². The van der Waals surface area contributed by atoms with Gasteiger partial charge in [0.25, 0.3) is 0 Å². The zero-order valence-corrected chi connectivity index (χ0v) is 14.4. The molecule has 3 nitrogen and oxygen atoms in total. The van der Waals surface area contributed by atoms with Crippen molar-refractivity contribution in [1.82, 2.24) is 10.6 Å². The minimum Gasteiger partial charge on any atom is -0.378 e. The van der Waals surface area contributed by atoms with Crippen LogP contribution in [-0.2, 0) is 11.3 Å². The number of hydrogen-bond donors (Lipinski definition) is 2. The predicted octanol–water partition coefficient (Wildman–Crippen LogP) is 3.87. The molecule has 2 N–H and O–H groups in total. The number of rotatable bonds is 6. The Balaban J connectivity index is 2.14. The first kappa shape index (κ1) is 16.6. The number of Topliss-reactive ketones (excluding diaryl/α,β-unsaturated/α-hetero) is 1. The molecular weight excluding hydrogens is 296 g/mol. The summed E-state index contributed by atoms with van der Waals surface area (Å²) in [4.78, 5) is 12.0. The van der Waals surface area contributed by atoms with Gasteiger partial charge >= 0.3 is 0 Å². The summed E-state index contributed by atoms with van der Waals surface area (Å²) in [5.74, 6) is -0.0300. The Kier molecular flexibility index (Phi) is 4.66. The van der Waals surface area contributed by atoms with Crippen molar-refractivity contribution >= 4 is 17.4 Å². The van der Waals surface area contributed by atoms with Gasteiger partial charge in [-0.2, -0.15) is 0 Å². The van der Waals surface area contributed by atoms with E-state index in [0.29, 0.717) is 22.8 Å². The van der Waals surface area contributed by atoms with E-state index < -0.39 is 0 Å². The van der Waals surface area contributed by atoms with Crippen LogP contribution in [0.5, 0.6) is 0 Å². The van der Waals surface area contributed by atoms with Crippen LogP contribution >= 0.6 is 11.6 Å². The fraction of sp³-hybridized carbons (Fsp3) is 0.389. The van der Waals surface area contributed by atoms with Gasteiger partial charge in [0.05, 0.1) is 5.70 Å². The molecule has 0 heterocycles. The van der Waals surface area contributed by atoms with Crippen LogP contribution in [-0.4, -0.2) is 11.3 Å². The van der Waals surface area contributed by atoms with Crippen LogP contribution in [0, 0.1) is 6.92 Å². The van der Waals surface area contributed by atoms with Crippen LogP contribution in [0.2, 0.25) is 5.02 Å². The fourth-order valence-electron chi connectivity index (χ4n) is 2.18. The number of halogens is 1.